The Balaban J connectivity index is 3.89. The van der Waals surface area contributed by atoms with Gasteiger partial charge in [0.05, 0.1) is 37.8 Å². The molecular formula is C47H92O6. The monoisotopic (exact) mass is 753 g/mol. The molecule has 0 aromatic rings. The molecule has 0 amide bonds. The van der Waals surface area contributed by atoms with Crippen molar-refractivity contribution in [2.75, 3.05) is 33.0 Å². The van der Waals surface area contributed by atoms with Crippen LogP contribution >= 0.6 is 0 Å². The van der Waals surface area contributed by atoms with Crippen molar-refractivity contribution < 1.29 is 28.5 Å². The third-order valence-corrected chi connectivity index (χ3v) is 10.8. The summed E-state index contributed by atoms with van der Waals surface area (Å²) in [5.41, 5.74) is 0. The smallest absolute Gasteiger partial charge is 0.308 e. The minimum absolute atomic E-state index is 0.0450. The minimum Gasteiger partial charge on any atom is -0.465 e. The Kier molecular flexibility index (Phi) is 41.1. The molecule has 0 fully saturated rings. The van der Waals surface area contributed by atoms with Crippen molar-refractivity contribution in [3.63, 3.8) is 0 Å². The topological polar surface area (TPSA) is 71.1 Å². The number of rotatable bonds is 43. The van der Waals surface area contributed by atoms with Gasteiger partial charge >= 0.3 is 11.9 Å². The van der Waals surface area contributed by atoms with Crippen LogP contribution in [0.4, 0.5) is 0 Å². The highest BCUT2D eigenvalue weighted by molar-refractivity contribution is 5.72. The normalized spacial score (nSPS) is 13.2. The maximum atomic E-state index is 12.8. The van der Waals surface area contributed by atoms with E-state index in [1.807, 2.05) is 0 Å². The third-order valence-electron chi connectivity index (χ3n) is 10.8. The first-order chi connectivity index (χ1) is 26.0. The molecule has 316 valence electrons. The maximum Gasteiger partial charge on any atom is 0.308 e. The van der Waals surface area contributed by atoms with Gasteiger partial charge in [-0.1, -0.05) is 169 Å². The van der Waals surface area contributed by atoms with Crippen LogP contribution in [0.5, 0.6) is 0 Å². The Hall–Kier alpha value is -1.14. The summed E-state index contributed by atoms with van der Waals surface area (Å²) >= 11 is 0. The predicted octanol–water partition coefficient (Wildman–Crippen LogP) is 14.3. The highest BCUT2D eigenvalue weighted by atomic mass is 16.5. The zero-order valence-corrected chi connectivity index (χ0v) is 36.3. The van der Waals surface area contributed by atoms with Gasteiger partial charge in [-0.2, -0.15) is 0 Å². The van der Waals surface area contributed by atoms with E-state index in [4.69, 9.17) is 18.9 Å². The van der Waals surface area contributed by atoms with Crippen molar-refractivity contribution in [1.82, 2.24) is 0 Å². The molecule has 0 heterocycles. The number of unbranched alkanes of at least 4 members (excludes halogenated alkanes) is 22. The van der Waals surface area contributed by atoms with Crippen molar-refractivity contribution in [3.05, 3.63) is 0 Å². The quantitative estimate of drug-likeness (QED) is 0.0456. The maximum absolute atomic E-state index is 12.8. The molecule has 6 nitrogen and oxygen atoms in total. The summed E-state index contributed by atoms with van der Waals surface area (Å²) in [7, 11) is 0. The van der Waals surface area contributed by atoms with Gasteiger partial charge in [0.15, 0.2) is 0 Å². The van der Waals surface area contributed by atoms with E-state index in [1.54, 1.807) is 0 Å². The standard InChI is InChI=1S/C47H92O6/c1-6-10-14-18-20-28-36-44(34-26-16-12-8-3)46(48)52-40-32-23-22-30-38-50-42-43(5)51-39-31-24-25-33-41-53-47(49)45(35-27-17-13-9-4)37-29-21-19-15-11-7-2/h43-45H,6-42H2,1-5H3. The number of hydrogen-bond acceptors (Lipinski definition) is 6. The zero-order chi connectivity index (χ0) is 38.9. The van der Waals surface area contributed by atoms with Gasteiger partial charge in [-0.25, -0.2) is 0 Å². The van der Waals surface area contributed by atoms with E-state index in [2.05, 4.69) is 34.6 Å². The molecule has 0 aromatic heterocycles. The van der Waals surface area contributed by atoms with Gasteiger partial charge < -0.3 is 18.9 Å². The molecule has 0 aromatic carbocycles. The molecule has 0 aliphatic heterocycles. The molecule has 0 saturated heterocycles. The predicted molar refractivity (Wildman–Crippen MR) is 226 cm³/mol. The van der Waals surface area contributed by atoms with Crippen LogP contribution in [0.3, 0.4) is 0 Å². The number of esters is 2. The lowest BCUT2D eigenvalue weighted by molar-refractivity contribution is -0.150. The Morgan fingerprint density at radius 2 is 0.679 bits per heavy atom. The van der Waals surface area contributed by atoms with Gasteiger partial charge in [0, 0.05) is 13.2 Å². The summed E-state index contributed by atoms with van der Waals surface area (Å²) < 4.78 is 23.3. The summed E-state index contributed by atoms with van der Waals surface area (Å²) in [6.45, 7) is 14.3. The second kappa shape index (κ2) is 42.0. The highest BCUT2D eigenvalue weighted by Gasteiger charge is 2.20. The molecule has 0 N–H and O–H groups in total. The molecule has 0 rings (SSSR count). The van der Waals surface area contributed by atoms with Crippen LogP contribution < -0.4 is 0 Å². The minimum atomic E-state index is 0.0450. The van der Waals surface area contributed by atoms with Crippen LogP contribution in [0.15, 0.2) is 0 Å². The first-order valence-corrected chi connectivity index (χ1v) is 23.5. The van der Waals surface area contributed by atoms with Crippen molar-refractivity contribution in [3.8, 4) is 0 Å². The fourth-order valence-corrected chi connectivity index (χ4v) is 7.12. The highest BCUT2D eigenvalue weighted by Crippen LogP contribution is 2.22. The second-order valence-electron chi connectivity index (χ2n) is 16.1. The Bertz CT molecular complexity index is 757. The van der Waals surface area contributed by atoms with Gasteiger partial charge in [0.25, 0.3) is 0 Å². The summed E-state index contributed by atoms with van der Waals surface area (Å²) in [4.78, 5) is 25.7. The van der Waals surface area contributed by atoms with Crippen LogP contribution in [-0.4, -0.2) is 51.1 Å². The number of ether oxygens (including phenoxy) is 4. The van der Waals surface area contributed by atoms with E-state index in [9.17, 15) is 9.59 Å². The fourth-order valence-electron chi connectivity index (χ4n) is 7.12. The van der Waals surface area contributed by atoms with Crippen LogP contribution in [0.25, 0.3) is 0 Å². The summed E-state index contributed by atoms with van der Waals surface area (Å²) in [6, 6.07) is 0. The average Bonchev–Trinajstić information content (AvgIpc) is 3.16. The molecule has 53 heavy (non-hydrogen) atoms. The van der Waals surface area contributed by atoms with Crippen molar-refractivity contribution in [1.29, 1.82) is 0 Å². The van der Waals surface area contributed by atoms with E-state index in [-0.39, 0.29) is 29.9 Å². The molecule has 0 saturated carbocycles. The van der Waals surface area contributed by atoms with Gasteiger partial charge in [0.1, 0.15) is 0 Å². The SMILES string of the molecule is CCCCCCCCC(CCCCCC)C(=O)OCCCCCCOCC(C)OCCCCCCOC(=O)C(CCCCCC)CCCCCCCC. The lowest BCUT2D eigenvalue weighted by Gasteiger charge is -2.16. The zero-order valence-electron chi connectivity index (χ0n) is 36.3. The largest absolute Gasteiger partial charge is 0.465 e. The van der Waals surface area contributed by atoms with Crippen LogP contribution in [-0.2, 0) is 28.5 Å². The molecule has 0 radical (unpaired) electrons. The van der Waals surface area contributed by atoms with Crippen LogP contribution in [0.1, 0.15) is 240 Å². The first kappa shape index (κ1) is 51.9. The van der Waals surface area contributed by atoms with Gasteiger partial charge in [0.2, 0.25) is 0 Å². The number of hydrogen-bond donors (Lipinski definition) is 0. The van der Waals surface area contributed by atoms with Crippen molar-refractivity contribution in [2.45, 2.75) is 246 Å². The lowest BCUT2D eigenvalue weighted by atomic mass is 9.94. The molecule has 0 aliphatic rings. The van der Waals surface area contributed by atoms with E-state index >= 15 is 0 Å². The summed E-state index contributed by atoms with van der Waals surface area (Å²) in [5.74, 6) is 0.274. The summed E-state index contributed by atoms with van der Waals surface area (Å²) in [5, 5.41) is 0. The van der Waals surface area contributed by atoms with E-state index in [1.165, 1.54) is 103 Å². The molecule has 0 bridgehead atoms. The molecule has 3 atom stereocenters. The van der Waals surface area contributed by atoms with Crippen LogP contribution in [0.2, 0.25) is 0 Å². The van der Waals surface area contributed by atoms with Crippen LogP contribution in [0, 0.1) is 11.8 Å². The summed E-state index contributed by atoms with van der Waals surface area (Å²) in [6.07, 6.45) is 37.3. The van der Waals surface area contributed by atoms with E-state index in [0.29, 0.717) is 19.8 Å². The van der Waals surface area contributed by atoms with Crippen molar-refractivity contribution >= 4 is 11.9 Å². The van der Waals surface area contributed by atoms with E-state index < -0.39 is 0 Å². The van der Waals surface area contributed by atoms with Gasteiger partial charge in [-0.3, -0.25) is 9.59 Å². The van der Waals surface area contributed by atoms with Gasteiger partial charge in [-0.15, -0.1) is 0 Å². The Morgan fingerprint density at radius 1 is 0.377 bits per heavy atom. The Labute approximate surface area is 330 Å². The average molecular weight is 753 g/mol. The lowest BCUT2D eigenvalue weighted by Crippen LogP contribution is -2.19. The molecular weight excluding hydrogens is 661 g/mol. The fraction of sp³-hybridized carbons (Fsp3) is 0.957. The third kappa shape index (κ3) is 36.3. The number of carbonyl (C=O) groups excluding carboxylic acids is 2. The van der Waals surface area contributed by atoms with E-state index in [0.717, 1.165) is 116 Å². The molecule has 3 unspecified atom stereocenters. The molecule has 6 heteroatoms. The molecule has 0 aliphatic carbocycles. The first-order valence-electron chi connectivity index (χ1n) is 23.5. The Morgan fingerprint density at radius 3 is 1.08 bits per heavy atom. The van der Waals surface area contributed by atoms with Crippen molar-refractivity contribution in [2.24, 2.45) is 11.8 Å². The molecule has 0 spiro atoms. The van der Waals surface area contributed by atoms with Gasteiger partial charge in [-0.05, 0) is 71.1 Å². The second-order valence-corrected chi connectivity index (χ2v) is 16.1. The number of carbonyl (C=O) groups is 2.